The molecule has 0 aliphatic carbocycles. The third-order valence-electron chi connectivity index (χ3n) is 5.55. The highest BCUT2D eigenvalue weighted by atomic mass is 14.8. The summed E-state index contributed by atoms with van der Waals surface area (Å²) in [6.07, 6.45) is 1.92. The van der Waals surface area contributed by atoms with Crippen LogP contribution in [0.25, 0.3) is 0 Å². The van der Waals surface area contributed by atoms with Crippen LogP contribution in [0, 0.1) is 0 Å². The van der Waals surface area contributed by atoms with E-state index in [1.807, 2.05) is 6.20 Å². The van der Waals surface area contributed by atoms with E-state index in [9.17, 15) is 0 Å². The fourth-order valence-electron chi connectivity index (χ4n) is 3.55. The van der Waals surface area contributed by atoms with E-state index in [4.69, 9.17) is 4.98 Å². The van der Waals surface area contributed by atoms with Gasteiger partial charge in [-0.05, 0) is 52.2 Å². The van der Waals surface area contributed by atoms with Crippen LogP contribution >= 0.6 is 0 Å². The quantitative estimate of drug-likeness (QED) is 0.475. The van der Waals surface area contributed by atoms with Gasteiger partial charge in [0.05, 0.1) is 17.1 Å². The van der Waals surface area contributed by atoms with Crippen molar-refractivity contribution in [1.29, 1.82) is 0 Å². The van der Waals surface area contributed by atoms with E-state index in [1.165, 1.54) is 16.7 Å². The zero-order valence-electron chi connectivity index (χ0n) is 21.7. The maximum absolute atomic E-state index is 4.73. The van der Waals surface area contributed by atoms with E-state index < -0.39 is 0 Å². The summed E-state index contributed by atoms with van der Waals surface area (Å²) < 4.78 is 0. The highest BCUT2D eigenvalue weighted by molar-refractivity contribution is 5.37. The minimum atomic E-state index is 0.452. The monoisotopic (exact) mass is 410 g/mol. The van der Waals surface area contributed by atoms with E-state index in [-0.39, 0.29) is 0 Å². The molecule has 168 valence electrons. The van der Waals surface area contributed by atoms with Crippen LogP contribution in [0.2, 0.25) is 0 Å². The van der Waals surface area contributed by atoms with Gasteiger partial charge in [0.15, 0.2) is 0 Å². The van der Waals surface area contributed by atoms with Gasteiger partial charge in [-0.1, -0.05) is 101 Å². The van der Waals surface area contributed by atoms with Crippen LogP contribution in [-0.2, 0) is 0 Å². The lowest BCUT2D eigenvalue weighted by atomic mass is 9.87. The topological polar surface area (TPSA) is 25.8 Å². The van der Waals surface area contributed by atoms with Crippen LogP contribution in [0.1, 0.15) is 152 Å². The predicted octanol–water partition coefficient (Wildman–Crippen LogP) is 8.90. The van der Waals surface area contributed by atoms with Crippen LogP contribution < -0.4 is 0 Å². The fourth-order valence-corrected chi connectivity index (χ4v) is 3.55. The molecule has 0 saturated heterocycles. The first-order chi connectivity index (χ1) is 13.9. The predicted molar refractivity (Wildman–Crippen MR) is 133 cm³/mol. The Hall–Kier alpha value is -1.70. The number of benzene rings is 1. The Morgan fingerprint density at radius 3 is 1.47 bits per heavy atom. The molecule has 0 aliphatic heterocycles. The molecule has 0 aliphatic rings. The van der Waals surface area contributed by atoms with Crippen molar-refractivity contribution in [3.05, 3.63) is 58.2 Å². The summed E-state index contributed by atoms with van der Waals surface area (Å²) in [4.78, 5) is 9.29. The maximum Gasteiger partial charge on any atom is 0.0650 e. The number of nitrogens with zero attached hydrogens (tertiary/aromatic N) is 2. The van der Waals surface area contributed by atoms with Crippen LogP contribution in [0.4, 0.5) is 0 Å². The van der Waals surface area contributed by atoms with E-state index in [2.05, 4.69) is 106 Å². The van der Waals surface area contributed by atoms with Gasteiger partial charge in [0.2, 0.25) is 0 Å². The summed E-state index contributed by atoms with van der Waals surface area (Å²) in [5.41, 5.74) is 7.91. The first kappa shape index (κ1) is 26.3. The molecule has 0 saturated carbocycles. The molecule has 2 rings (SSSR count). The molecule has 2 aromatic rings. The lowest BCUT2D eigenvalue weighted by Crippen LogP contribution is -2.08. The van der Waals surface area contributed by atoms with Crippen molar-refractivity contribution in [1.82, 2.24) is 9.97 Å². The Morgan fingerprint density at radius 1 is 0.533 bits per heavy atom. The Bertz CT molecular complexity index is 716. The van der Waals surface area contributed by atoms with Crippen molar-refractivity contribution in [2.45, 2.75) is 119 Å². The molecule has 0 spiro atoms. The molecule has 0 N–H and O–H groups in total. The molecule has 0 fully saturated rings. The van der Waals surface area contributed by atoms with Crippen molar-refractivity contribution in [3.63, 3.8) is 0 Å². The summed E-state index contributed by atoms with van der Waals surface area (Å²) >= 11 is 0. The van der Waals surface area contributed by atoms with Gasteiger partial charge in [-0.2, -0.15) is 0 Å². The summed E-state index contributed by atoms with van der Waals surface area (Å²) in [6.45, 7) is 26.6. The Balaban J connectivity index is 0.000000300. The Morgan fingerprint density at radius 2 is 1.07 bits per heavy atom. The van der Waals surface area contributed by atoms with E-state index in [1.54, 1.807) is 0 Å². The van der Waals surface area contributed by atoms with Crippen LogP contribution in [0.3, 0.4) is 0 Å². The highest BCUT2D eigenvalue weighted by Gasteiger charge is 2.15. The summed E-state index contributed by atoms with van der Waals surface area (Å²) in [5.74, 6) is 3.24. The average Bonchev–Trinajstić information content (AvgIpc) is 2.67. The Labute approximate surface area is 187 Å². The molecule has 2 heteroatoms. The van der Waals surface area contributed by atoms with Crippen molar-refractivity contribution >= 4 is 0 Å². The third-order valence-corrected chi connectivity index (χ3v) is 5.55. The molecule has 0 atom stereocenters. The molecule has 2 nitrogen and oxygen atoms in total. The van der Waals surface area contributed by atoms with E-state index in [0.717, 1.165) is 17.1 Å². The van der Waals surface area contributed by atoms with Crippen molar-refractivity contribution in [3.8, 4) is 0 Å². The average molecular weight is 411 g/mol. The zero-order chi connectivity index (χ0) is 23.2. The highest BCUT2D eigenvalue weighted by Crippen LogP contribution is 2.29. The van der Waals surface area contributed by atoms with Crippen molar-refractivity contribution in [2.75, 3.05) is 0 Å². The van der Waals surface area contributed by atoms with Gasteiger partial charge in [-0.3, -0.25) is 9.97 Å². The molecule has 30 heavy (non-hydrogen) atoms. The molecular weight excluding hydrogens is 364 g/mol. The first-order valence-corrected chi connectivity index (χ1v) is 11.9. The zero-order valence-corrected chi connectivity index (χ0v) is 21.7. The fraction of sp³-hybridized carbons (Fsp3) is 0.643. The maximum atomic E-state index is 4.73. The minimum Gasteiger partial charge on any atom is -0.257 e. The standard InChI is InChI=1S/C15H24.C13H22N2/c1-10(2)13-7-8-14(11(3)4)15(9-13)12(5)6;1-8(2)11-7-14-12(9(3)4)13(15-11)10(5)6/h7-12H,1-6H3;7-10H,1-6H3. The summed E-state index contributed by atoms with van der Waals surface area (Å²) in [7, 11) is 0. The molecular formula is C28H46N2. The number of aromatic nitrogens is 2. The van der Waals surface area contributed by atoms with Gasteiger partial charge in [-0.25, -0.2) is 0 Å². The Kier molecular flexibility index (Phi) is 10.2. The van der Waals surface area contributed by atoms with Crippen molar-refractivity contribution < 1.29 is 0 Å². The lowest BCUT2D eigenvalue weighted by Gasteiger charge is -2.18. The molecule has 0 bridgehead atoms. The lowest BCUT2D eigenvalue weighted by molar-refractivity contribution is 0.695. The molecule has 1 heterocycles. The molecule has 1 aromatic heterocycles. The molecule has 0 amide bonds. The van der Waals surface area contributed by atoms with Gasteiger partial charge >= 0.3 is 0 Å². The third kappa shape index (κ3) is 7.22. The minimum absolute atomic E-state index is 0.452. The summed E-state index contributed by atoms with van der Waals surface area (Å²) in [5, 5.41) is 0. The number of rotatable bonds is 6. The van der Waals surface area contributed by atoms with Gasteiger partial charge in [-0.15, -0.1) is 0 Å². The van der Waals surface area contributed by atoms with E-state index in [0.29, 0.717) is 35.5 Å². The SMILES string of the molecule is CC(C)c1ccc(C(C)C)c(C(C)C)c1.CC(C)c1cnc(C(C)C)c(C(C)C)n1. The molecule has 0 unspecified atom stereocenters. The second-order valence-corrected chi connectivity index (χ2v) is 10.4. The van der Waals surface area contributed by atoms with Gasteiger partial charge in [0.25, 0.3) is 0 Å². The summed E-state index contributed by atoms with van der Waals surface area (Å²) in [6, 6.07) is 6.99. The van der Waals surface area contributed by atoms with Gasteiger partial charge in [0.1, 0.15) is 0 Å². The van der Waals surface area contributed by atoms with Gasteiger partial charge in [0, 0.05) is 6.20 Å². The van der Waals surface area contributed by atoms with E-state index >= 15 is 0 Å². The second kappa shape index (κ2) is 11.6. The molecule has 1 aromatic carbocycles. The normalized spacial score (nSPS) is 11.8. The van der Waals surface area contributed by atoms with Gasteiger partial charge < -0.3 is 0 Å². The number of hydrogen-bond acceptors (Lipinski definition) is 2. The number of hydrogen-bond donors (Lipinski definition) is 0. The first-order valence-electron chi connectivity index (χ1n) is 11.9. The van der Waals surface area contributed by atoms with Crippen LogP contribution in [0.5, 0.6) is 0 Å². The second-order valence-electron chi connectivity index (χ2n) is 10.4. The largest absolute Gasteiger partial charge is 0.257 e. The van der Waals surface area contributed by atoms with Crippen LogP contribution in [0.15, 0.2) is 24.4 Å². The smallest absolute Gasteiger partial charge is 0.0650 e. The van der Waals surface area contributed by atoms with Crippen LogP contribution in [-0.4, -0.2) is 9.97 Å². The molecule has 0 radical (unpaired) electrons. The van der Waals surface area contributed by atoms with Crippen molar-refractivity contribution in [2.24, 2.45) is 0 Å².